The van der Waals surface area contributed by atoms with Crippen LogP contribution >= 0.6 is 15.9 Å². The van der Waals surface area contributed by atoms with Crippen molar-refractivity contribution in [2.75, 3.05) is 7.11 Å². The highest BCUT2D eigenvalue weighted by molar-refractivity contribution is 9.10. The van der Waals surface area contributed by atoms with Crippen molar-refractivity contribution in [1.29, 1.82) is 0 Å². The summed E-state index contributed by atoms with van der Waals surface area (Å²) in [5.74, 6) is 0.528. The van der Waals surface area contributed by atoms with Gasteiger partial charge in [-0.15, -0.1) is 0 Å². The summed E-state index contributed by atoms with van der Waals surface area (Å²) in [6, 6.07) is 9.38. The standard InChI is InChI=1S/C15H16BrN3O2/c1-19-7-3-4-13(19)9-15(20)18-17-10-11-8-12(16)5-6-14(11)21-2/h3-8,10H,9H2,1-2H3,(H,18,20). The number of nitrogens with one attached hydrogen (secondary N) is 1. The molecule has 0 unspecified atom stereocenters. The van der Waals surface area contributed by atoms with Crippen molar-refractivity contribution in [1.82, 2.24) is 9.99 Å². The van der Waals surface area contributed by atoms with E-state index in [1.165, 1.54) is 0 Å². The maximum absolute atomic E-state index is 11.8. The van der Waals surface area contributed by atoms with Crippen molar-refractivity contribution in [3.05, 3.63) is 52.3 Å². The first-order valence-electron chi connectivity index (χ1n) is 6.36. The largest absolute Gasteiger partial charge is 0.496 e. The molecule has 0 saturated heterocycles. The fraction of sp³-hybridized carbons (Fsp3) is 0.200. The molecule has 6 heteroatoms. The van der Waals surface area contributed by atoms with E-state index in [1.807, 2.05) is 48.1 Å². The van der Waals surface area contributed by atoms with Gasteiger partial charge in [-0.25, -0.2) is 5.43 Å². The van der Waals surface area contributed by atoms with Gasteiger partial charge in [0.1, 0.15) is 5.75 Å². The molecular weight excluding hydrogens is 334 g/mol. The Morgan fingerprint density at radius 2 is 2.29 bits per heavy atom. The molecule has 0 aliphatic carbocycles. The summed E-state index contributed by atoms with van der Waals surface area (Å²) in [7, 11) is 3.49. The fourth-order valence-corrected chi connectivity index (χ4v) is 2.24. The Morgan fingerprint density at radius 1 is 1.48 bits per heavy atom. The molecule has 0 aliphatic rings. The third-order valence-electron chi connectivity index (χ3n) is 2.98. The van der Waals surface area contributed by atoms with Crippen molar-refractivity contribution < 1.29 is 9.53 Å². The lowest BCUT2D eigenvalue weighted by Crippen LogP contribution is -2.20. The van der Waals surface area contributed by atoms with E-state index in [9.17, 15) is 4.79 Å². The Bertz CT molecular complexity index is 665. The number of hydrogen-bond donors (Lipinski definition) is 1. The van der Waals surface area contributed by atoms with Crippen LogP contribution in [0.4, 0.5) is 0 Å². The SMILES string of the molecule is COc1ccc(Br)cc1C=NNC(=O)Cc1cccn1C. The van der Waals surface area contributed by atoms with Crippen molar-refractivity contribution in [2.45, 2.75) is 6.42 Å². The Morgan fingerprint density at radius 3 is 2.95 bits per heavy atom. The van der Waals surface area contributed by atoms with E-state index in [0.29, 0.717) is 5.75 Å². The zero-order valence-electron chi connectivity index (χ0n) is 11.8. The van der Waals surface area contributed by atoms with Crippen LogP contribution in [0.2, 0.25) is 0 Å². The van der Waals surface area contributed by atoms with Gasteiger partial charge in [0.25, 0.3) is 0 Å². The van der Waals surface area contributed by atoms with Crippen LogP contribution in [0.15, 0.2) is 46.1 Å². The molecule has 110 valence electrons. The Hall–Kier alpha value is -2.08. The summed E-state index contributed by atoms with van der Waals surface area (Å²) in [5, 5.41) is 3.97. The van der Waals surface area contributed by atoms with Gasteiger partial charge >= 0.3 is 0 Å². The average molecular weight is 350 g/mol. The number of carbonyl (C=O) groups is 1. The van der Waals surface area contributed by atoms with Crippen LogP contribution in [0.3, 0.4) is 0 Å². The molecule has 0 saturated carbocycles. The first-order valence-corrected chi connectivity index (χ1v) is 7.15. The maximum atomic E-state index is 11.8. The molecule has 2 aromatic rings. The maximum Gasteiger partial charge on any atom is 0.245 e. The number of rotatable bonds is 5. The predicted molar refractivity (Wildman–Crippen MR) is 85.5 cm³/mol. The van der Waals surface area contributed by atoms with Gasteiger partial charge in [0.15, 0.2) is 0 Å². The minimum absolute atomic E-state index is 0.165. The third kappa shape index (κ3) is 4.19. The zero-order valence-corrected chi connectivity index (χ0v) is 13.4. The van der Waals surface area contributed by atoms with E-state index in [-0.39, 0.29) is 12.3 Å². The van der Waals surface area contributed by atoms with Crippen LogP contribution < -0.4 is 10.2 Å². The minimum Gasteiger partial charge on any atom is -0.496 e. The highest BCUT2D eigenvalue weighted by atomic mass is 79.9. The van der Waals surface area contributed by atoms with Crippen molar-refractivity contribution in [3.63, 3.8) is 0 Å². The van der Waals surface area contributed by atoms with Crippen molar-refractivity contribution in [2.24, 2.45) is 12.1 Å². The summed E-state index contributed by atoms with van der Waals surface area (Å²) in [5.41, 5.74) is 4.23. The number of benzene rings is 1. The Labute approximate surface area is 131 Å². The minimum atomic E-state index is -0.165. The quantitative estimate of drug-likeness (QED) is 0.665. The van der Waals surface area contributed by atoms with Crippen molar-refractivity contribution in [3.8, 4) is 5.75 Å². The number of carbonyl (C=O) groups excluding carboxylic acids is 1. The first kappa shape index (κ1) is 15.3. The highest BCUT2D eigenvalue weighted by Crippen LogP contribution is 2.21. The second kappa shape index (κ2) is 7.08. The molecule has 0 spiro atoms. The number of nitrogens with zero attached hydrogens (tertiary/aromatic N) is 2. The van der Waals surface area contributed by atoms with E-state index in [2.05, 4.69) is 26.5 Å². The summed E-state index contributed by atoms with van der Waals surface area (Å²) in [6.45, 7) is 0. The molecule has 21 heavy (non-hydrogen) atoms. The molecule has 1 heterocycles. The topological polar surface area (TPSA) is 55.6 Å². The van der Waals surface area contributed by atoms with Gasteiger partial charge in [-0.05, 0) is 30.3 Å². The van der Waals surface area contributed by atoms with Crippen LogP contribution in [-0.4, -0.2) is 23.8 Å². The Balaban J connectivity index is 1.97. The zero-order chi connectivity index (χ0) is 15.2. The normalized spacial score (nSPS) is 10.8. The lowest BCUT2D eigenvalue weighted by Gasteiger charge is -2.05. The monoisotopic (exact) mass is 349 g/mol. The van der Waals surface area contributed by atoms with Crippen LogP contribution in [0.5, 0.6) is 5.75 Å². The lowest BCUT2D eigenvalue weighted by molar-refractivity contribution is -0.120. The van der Waals surface area contributed by atoms with Crippen LogP contribution in [0.25, 0.3) is 0 Å². The first-order chi connectivity index (χ1) is 10.1. The number of aromatic nitrogens is 1. The summed E-state index contributed by atoms with van der Waals surface area (Å²) in [4.78, 5) is 11.8. The van der Waals surface area contributed by atoms with Crippen LogP contribution in [0, 0.1) is 0 Å². The smallest absolute Gasteiger partial charge is 0.245 e. The molecule has 0 atom stereocenters. The van der Waals surface area contributed by atoms with E-state index >= 15 is 0 Å². The number of hydrogen-bond acceptors (Lipinski definition) is 3. The van der Waals surface area contributed by atoms with E-state index in [0.717, 1.165) is 15.7 Å². The van der Waals surface area contributed by atoms with E-state index in [4.69, 9.17) is 4.74 Å². The number of amides is 1. The number of aryl methyl sites for hydroxylation is 1. The molecule has 1 amide bonds. The Kier molecular flexibility index (Phi) is 5.16. The van der Waals surface area contributed by atoms with Crippen LogP contribution in [0.1, 0.15) is 11.3 Å². The van der Waals surface area contributed by atoms with Gasteiger partial charge in [0.2, 0.25) is 5.91 Å². The second-order valence-electron chi connectivity index (χ2n) is 4.47. The molecule has 5 nitrogen and oxygen atoms in total. The molecule has 2 rings (SSSR count). The third-order valence-corrected chi connectivity index (χ3v) is 3.47. The summed E-state index contributed by atoms with van der Waals surface area (Å²) >= 11 is 3.39. The lowest BCUT2D eigenvalue weighted by atomic mass is 10.2. The fourth-order valence-electron chi connectivity index (χ4n) is 1.86. The molecule has 1 aromatic carbocycles. The van der Waals surface area contributed by atoms with Crippen molar-refractivity contribution >= 4 is 28.1 Å². The van der Waals surface area contributed by atoms with Crippen LogP contribution in [-0.2, 0) is 18.3 Å². The highest BCUT2D eigenvalue weighted by Gasteiger charge is 2.05. The molecule has 1 N–H and O–H groups in total. The molecule has 0 aliphatic heterocycles. The van der Waals surface area contributed by atoms with Gasteiger partial charge < -0.3 is 9.30 Å². The predicted octanol–water partition coefficient (Wildman–Crippen LogP) is 2.49. The summed E-state index contributed by atoms with van der Waals surface area (Å²) in [6.07, 6.45) is 3.75. The number of halogens is 1. The van der Waals surface area contributed by atoms with Gasteiger partial charge in [-0.1, -0.05) is 15.9 Å². The summed E-state index contributed by atoms with van der Waals surface area (Å²) < 4.78 is 8.05. The number of ether oxygens (including phenoxy) is 1. The van der Waals surface area contributed by atoms with Gasteiger partial charge in [-0.2, -0.15) is 5.10 Å². The molecule has 0 bridgehead atoms. The molecule has 1 aromatic heterocycles. The average Bonchev–Trinajstić information content (AvgIpc) is 2.84. The number of methoxy groups -OCH3 is 1. The van der Waals surface area contributed by atoms with Gasteiger partial charge in [-0.3, -0.25) is 4.79 Å². The van der Waals surface area contributed by atoms with E-state index in [1.54, 1.807) is 13.3 Å². The second-order valence-corrected chi connectivity index (χ2v) is 5.38. The molecule has 0 fully saturated rings. The molecular formula is C15H16BrN3O2. The van der Waals surface area contributed by atoms with E-state index < -0.39 is 0 Å². The molecule has 0 radical (unpaired) electrons. The van der Waals surface area contributed by atoms with Gasteiger partial charge in [0.05, 0.1) is 19.7 Å². The number of hydrazone groups is 1. The van der Waals surface area contributed by atoms with Gasteiger partial charge in [0, 0.05) is 29.0 Å².